The number of Topliss-reactive ketones (excluding diaryl/α,β-unsaturated/α-hetero) is 1. The number of ether oxygens (including phenoxy) is 2. The van der Waals surface area contributed by atoms with Gasteiger partial charge in [0.1, 0.15) is 11.8 Å². The second-order valence-electron chi connectivity index (χ2n) is 7.55. The number of pyridine rings is 1. The van der Waals surface area contributed by atoms with Crippen LogP contribution in [-0.4, -0.2) is 78.1 Å². The number of ketones is 1. The van der Waals surface area contributed by atoms with Crippen LogP contribution in [0.25, 0.3) is 5.76 Å². The molecule has 1 aromatic heterocycles. The number of carbonyl (C=O) groups excluding carboxylic acids is 2. The molecule has 168 valence electrons. The molecule has 4 rings (SSSR count). The number of hydrogen-bond donors (Lipinski definition) is 1. The molecule has 32 heavy (non-hydrogen) atoms. The van der Waals surface area contributed by atoms with Crippen LogP contribution in [0.2, 0.25) is 0 Å². The number of methoxy groups -OCH3 is 1. The number of halogens is 1. The Morgan fingerprint density at radius 3 is 2.66 bits per heavy atom. The molecular weight excluding hydrogens is 417 g/mol. The third kappa shape index (κ3) is 4.21. The van der Waals surface area contributed by atoms with Crippen LogP contribution >= 0.6 is 0 Å². The number of aliphatic hydroxyl groups is 1. The van der Waals surface area contributed by atoms with Gasteiger partial charge >= 0.3 is 0 Å². The maximum atomic E-state index is 14.2. The fourth-order valence-corrected chi connectivity index (χ4v) is 4.00. The van der Waals surface area contributed by atoms with Crippen LogP contribution in [0.5, 0.6) is 5.75 Å². The van der Waals surface area contributed by atoms with E-state index in [9.17, 15) is 19.1 Å². The van der Waals surface area contributed by atoms with E-state index in [1.807, 2.05) is 0 Å². The van der Waals surface area contributed by atoms with Crippen LogP contribution in [0, 0.1) is 5.82 Å². The molecule has 2 aliphatic rings. The minimum atomic E-state index is -0.873. The molecule has 0 bridgehead atoms. The zero-order chi connectivity index (χ0) is 22.7. The third-order valence-corrected chi connectivity index (χ3v) is 5.69. The zero-order valence-electron chi connectivity index (χ0n) is 17.7. The predicted octanol–water partition coefficient (Wildman–Crippen LogP) is 1.98. The van der Waals surface area contributed by atoms with E-state index in [0.717, 1.165) is 19.2 Å². The maximum absolute atomic E-state index is 14.2. The van der Waals surface area contributed by atoms with Gasteiger partial charge in [0, 0.05) is 37.9 Å². The summed E-state index contributed by atoms with van der Waals surface area (Å²) in [6.07, 6.45) is 1.56. The average Bonchev–Trinajstić information content (AvgIpc) is 3.08. The highest BCUT2D eigenvalue weighted by Crippen LogP contribution is 2.38. The van der Waals surface area contributed by atoms with Gasteiger partial charge in [-0.25, -0.2) is 4.39 Å². The predicted molar refractivity (Wildman–Crippen MR) is 113 cm³/mol. The number of aliphatic hydroxyl groups excluding tert-OH is 1. The van der Waals surface area contributed by atoms with Crippen LogP contribution in [0.4, 0.5) is 4.39 Å². The molecule has 1 amide bonds. The Morgan fingerprint density at radius 1 is 1.22 bits per heavy atom. The normalized spacial score (nSPS) is 21.2. The highest BCUT2D eigenvalue weighted by molar-refractivity contribution is 6.46. The SMILES string of the molecule is COc1ccc(C(O)=C2C(=O)C(=O)N(CCN3CCOCC3)[C@H]2c2ccccn2)cc1F. The van der Waals surface area contributed by atoms with Gasteiger partial charge in [0.15, 0.2) is 11.6 Å². The Kier molecular flexibility index (Phi) is 6.48. The van der Waals surface area contributed by atoms with Gasteiger partial charge in [-0.15, -0.1) is 0 Å². The van der Waals surface area contributed by atoms with Crippen molar-refractivity contribution in [2.75, 3.05) is 46.5 Å². The van der Waals surface area contributed by atoms with Gasteiger partial charge in [-0.3, -0.25) is 19.5 Å². The van der Waals surface area contributed by atoms with Crippen molar-refractivity contribution in [3.05, 3.63) is 65.2 Å². The molecule has 1 atom stereocenters. The van der Waals surface area contributed by atoms with Crippen molar-refractivity contribution in [2.24, 2.45) is 0 Å². The number of morpholine rings is 1. The summed E-state index contributed by atoms with van der Waals surface area (Å²) in [5.74, 6) is -2.67. The van der Waals surface area contributed by atoms with E-state index < -0.39 is 29.3 Å². The number of likely N-dealkylation sites (tertiary alicyclic amines) is 1. The molecule has 2 saturated heterocycles. The van der Waals surface area contributed by atoms with Crippen LogP contribution in [0.3, 0.4) is 0 Å². The van der Waals surface area contributed by atoms with Gasteiger partial charge in [0.2, 0.25) is 0 Å². The summed E-state index contributed by atoms with van der Waals surface area (Å²) in [4.78, 5) is 33.8. The number of hydrogen-bond acceptors (Lipinski definition) is 7. The van der Waals surface area contributed by atoms with Gasteiger partial charge in [-0.05, 0) is 30.3 Å². The van der Waals surface area contributed by atoms with Gasteiger partial charge in [-0.2, -0.15) is 0 Å². The van der Waals surface area contributed by atoms with E-state index in [0.29, 0.717) is 25.5 Å². The van der Waals surface area contributed by atoms with Gasteiger partial charge in [0.25, 0.3) is 11.7 Å². The van der Waals surface area contributed by atoms with Gasteiger partial charge in [-0.1, -0.05) is 6.07 Å². The van der Waals surface area contributed by atoms with Crippen molar-refractivity contribution in [1.29, 1.82) is 0 Å². The van der Waals surface area contributed by atoms with E-state index in [-0.39, 0.29) is 23.4 Å². The summed E-state index contributed by atoms with van der Waals surface area (Å²) in [5, 5.41) is 11.0. The lowest BCUT2D eigenvalue weighted by Crippen LogP contribution is -2.42. The Labute approximate surface area is 184 Å². The number of aromatic nitrogens is 1. The standard InChI is InChI=1S/C23H24FN3O5/c1-31-18-6-5-15(14-16(18)24)21(28)19-20(17-4-2-3-7-25-17)27(23(30)22(19)29)9-8-26-10-12-32-13-11-26/h2-7,14,20,28H,8-13H2,1H3/t20-/m0/s1. The Bertz CT molecular complexity index is 1040. The molecule has 0 radical (unpaired) electrons. The number of nitrogens with zero attached hydrogens (tertiary/aromatic N) is 3. The second kappa shape index (κ2) is 9.46. The molecule has 0 aliphatic carbocycles. The minimum absolute atomic E-state index is 0.00814. The number of amides is 1. The minimum Gasteiger partial charge on any atom is -0.507 e. The molecule has 9 heteroatoms. The summed E-state index contributed by atoms with van der Waals surface area (Å²) in [6, 6.07) is 8.16. The number of rotatable bonds is 6. The molecule has 0 spiro atoms. The second-order valence-corrected chi connectivity index (χ2v) is 7.55. The van der Waals surface area contributed by atoms with Crippen LogP contribution in [0.1, 0.15) is 17.3 Å². The van der Waals surface area contributed by atoms with Gasteiger partial charge < -0.3 is 19.5 Å². The van der Waals surface area contributed by atoms with E-state index >= 15 is 0 Å². The van der Waals surface area contributed by atoms with Crippen molar-refractivity contribution in [3.8, 4) is 5.75 Å². The highest BCUT2D eigenvalue weighted by Gasteiger charge is 2.46. The summed E-state index contributed by atoms with van der Waals surface area (Å²) in [6.45, 7) is 3.54. The van der Waals surface area contributed by atoms with Crippen molar-refractivity contribution in [1.82, 2.24) is 14.8 Å². The van der Waals surface area contributed by atoms with Gasteiger partial charge in [0.05, 0.1) is 31.6 Å². The van der Waals surface area contributed by atoms with E-state index in [4.69, 9.17) is 9.47 Å². The van der Waals surface area contributed by atoms with Crippen molar-refractivity contribution in [3.63, 3.8) is 0 Å². The first-order valence-corrected chi connectivity index (χ1v) is 10.3. The van der Waals surface area contributed by atoms with E-state index in [2.05, 4.69) is 9.88 Å². The molecule has 2 fully saturated rings. The lowest BCUT2D eigenvalue weighted by Gasteiger charge is -2.30. The lowest BCUT2D eigenvalue weighted by atomic mass is 9.98. The molecule has 2 aliphatic heterocycles. The number of carbonyl (C=O) groups is 2. The van der Waals surface area contributed by atoms with E-state index in [1.165, 1.54) is 24.1 Å². The molecule has 0 unspecified atom stereocenters. The average molecular weight is 441 g/mol. The molecule has 2 aromatic rings. The maximum Gasteiger partial charge on any atom is 0.295 e. The zero-order valence-corrected chi connectivity index (χ0v) is 17.7. The molecular formula is C23H24FN3O5. The Balaban J connectivity index is 1.72. The summed E-state index contributed by atoms with van der Waals surface area (Å²) < 4.78 is 24.5. The fraction of sp³-hybridized carbons (Fsp3) is 0.348. The van der Waals surface area contributed by atoms with Crippen molar-refractivity contribution >= 4 is 17.4 Å². The summed E-state index contributed by atoms with van der Waals surface area (Å²) in [7, 11) is 1.33. The highest BCUT2D eigenvalue weighted by atomic mass is 19.1. The first kappa shape index (κ1) is 21.9. The number of benzene rings is 1. The fourth-order valence-electron chi connectivity index (χ4n) is 4.00. The molecule has 1 N–H and O–H groups in total. The molecule has 1 aromatic carbocycles. The first-order chi connectivity index (χ1) is 15.5. The summed E-state index contributed by atoms with van der Waals surface area (Å²) >= 11 is 0. The quantitative estimate of drug-likeness (QED) is 0.416. The largest absolute Gasteiger partial charge is 0.507 e. The molecule has 3 heterocycles. The van der Waals surface area contributed by atoms with Crippen LogP contribution in [-0.2, 0) is 14.3 Å². The Hall–Kier alpha value is -3.30. The third-order valence-electron chi connectivity index (χ3n) is 5.69. The van der Waals surface area contributed by atoms with E-state index in [1.54, 1.807) is 24.4 Å². The molecule has 0 saturated carbocycles. The Morgan fingerprint density at radius 2 is 2.00 bits per heavy atom. The van der Waals surface area contributed by atoms with Crippen LogP contribution in [0.15, 0.2) is 48.2 Å². The van der Waals surface area contributed by atoms with Crippen LogP contribution < -0.4 is 4.74 Å². The molecule has 8 nitrogen and oxygen atoms in total. The monoisotopic (exact) mass is 441 g/mol. The van der Waals surface area contributed by atoms with Crippen molar-refractivity contribution in [2.45, 2.75) is 6.04 Å². The summed E-state index contributed by atoms with van der Waals surface area (Å²) in [5.41, 5.74) is 0.417. The van der Waals surface area contributed by atoms with Crippen molar-refractivity contribution < 1.29 is 28.6 Å². The lowest BCUT2D eigenvalue weighted by molar-refractivity contribution is -0.140. The smallest absolute Gasteiger partial charge is 0.295 e. The topological polar surface area (TPSA) is 92.2 Å². The first-order valence-electron chi connectivity index (χ1n) is 10.3.